The fraction of sp³-hybridized carbons (Fsp3) is 0.412. The molecular weight excluding hydrogens is 333 g/mol. The van der Waals surface area contributed by atoms with Crippen LogP contribution in [0.2, 0.25) is 0 Å². The molecule has 1 amide bonds. The van der Waals surface area contributed by atoms with Gasteiger partial charge in [0.2, 0.25) is 0 Å². The van der Waals surface area contributed by atoms with E-state index in [1.54, 1.807) is 6.07 Å². The second kappa shape index (κ2) is 6.49. The first-order chi connectivity index (χ1) is 11.4. The predicted octanol–water partition coefficient (Wildman–Crippen LogP) is 3.10. The van der Waals surface area contributed by atoms with Gasteiger partial charge in [-0.2, -0.15) is 0 Å². The van der Waals surface area contributed by atoms with Gasteiger partial charge in [0.1, 0.15) is 5.82 Å². The number of hydrogen-bond acceptors (Lipinski definition) is 4. The van der Waals surface area contributed by atoms with Gasteiger partial charge < -0.3 is 15.2 Å². The van der Waals surface area contributed by atoms with E-state index in [9.17, 15) is 19.1 Å². The Balaban J connectivity index is 1.90. The molecule has 2 heterocycles. The van der Waals surface area contributed by atoms with E-state index in [-0.39, 0.29) is 18.1 Å². The standard InChI is InChI=1S/C17H18FNO4S/c1-10-12-3-2-11(18)8-13(12)24-15(10)16(22)19-17(9-14(20)21)4-6-23-7-5-17/h2-3,8H,4-7,9H2,1H3,(H,19,22)(H,20,21). The molecule has 0 unspecified atom stereocenters. The van der Waals surface area contributed by atoms with Crippen molar-refractivity contribution in [3.8, 4) is 0 Å². The van der Waals surface area contributed by atoms with Crippen molar-refractivity contribution in [2.24, 2.45) is 0 Å². The predicted molar refractivity (Wildman–Crippen MR) is 89.0 cm³/mol. The first-order valence-electron chi connectivity index (χ1n) is 7.71. The van der Waals surface area contributed by atoms with Crippen molar-refractivity contribution in [3.63, 3.8) is 0 Å². The average molecular weight is 351 g/mol. The van der Waals surface area contributed by atoms with Crippen LogP contribution in [0.4, 0.5) is 4.39 Å². The zero-order valence-corrected chi connectivity index (χ0v) is 14.0. The maximum absolute atomic E-state index is 13.4. The lowest BCUT2D eigenvalue weighted by Crippen LogP contribution is -2.53. The molecule has 1 aromatic carbocycles. The van der Waals surface area contributed by atoms with Gasteiger partial charge in [0.15, 0.2) is 0 Å². The number of aryl methyl sites for hydroxylation is 1. The van der Waals surface area contributed by atoms with Crippen LogP contribution in [0.5, 0.6) is 0 Å². The highest BCUT2D eigenvalue weighted by molar-refractivity contribution is 7.21. The van der Waals surface area contributed by atoms with Gasteiger partial charge in [-0.3, -0.25) is 9.59 Å². The molecule has 0 atom stereocenters. The monoisotopic (exact) mass is 351 g/mol. The SMILES string of the molecule is Cc1c(C(=O)NC2(CC(=O)O)CCOCC2)sc2cc(F)ccc12. The summed E-state index contributed by atoms with van der Waals surface area (Å²) in [6.45, 7) is 2.66. The number of carboxylic acid groups (broad SMARTS) is 1. The number of carbonyl (C=O) groups excluding carboxylic acids is 1. The van der Waals surface area contributed by atoms with Crippen LogP contribution in [0, 0.1) is 12.7 Å². The Bertz CT molecular complexity index is 795. The Morgan fingerprint density at radius 2 is 2.08 bits per heavy atom. The lowest BCUT2D eigenvalue weighted by molar-refractivity contribution is -0.139. The second-order valence-electron chi connectivity index (χ2n) is 6.11. The average Bonchev–Trinajstić information content (AvgIpc) is 2.83. The lowest BCUT2D eigenvalue weighted by atomic mass is 9.86. The zero-order valence-electron chi connectivity index (χ0n) is 13.2. The van der Waals surface area contributed by atoms with E-state index < -0.39 is 11.5 Å². The molecule has 1 aliphatic rings. The third-order valence-electron chi connectivity index (χ3n) is 4.42. The minimum absolute atomic E-state index is 0.138. The molecule has 5 nitrogen and oxygen atoms in total. The molecule has 128 valence electrons. The van der Waals surface area contributed by atoms with E-state index in [0.717, 1.165) is 10.9 Å². The Labute approximate surface area is 142 Å². The number of thiophene rings is 1. The van der Waals surface area contributed by atoms with Crippen LogP contribution in [-0.2, 0) is 9.53 Å². The number of aliphatic carboxylic acids is 1. The molecule has 1 saturated heterocycles. The van der Waals surface area contributed by atoms with Crippen molar-refractivity contribution in [1.82, 2.24) is 5.32 Å². The Kier molecular flexibility index (Phi) is 4.56. The van der Waals surface area contributed by atoms with E-state index in [2.05, 4.69) is 5.32 Å². The van der Waals surface area contributed by atoms with Crippen LogP contribution in [0.1, 0.15) is 34.5 Å². The lowest BCUT2D eigenvalue weighted by Gasteiger charge is -2.36. The molecule has 1 aliphatic heterocycles. The number of benzene rings is 1. The third kappa shape index (κ3) is 3.27. The quantitative estimate of drug-likeness (QED) is 0.887. The fourth-order valence-electron chi connectivity index (χ4n) is 3.11. The van der Waals surface area contributed by atoms with Gasteiger partial charge in [0.05, 0.1) is 16.8 Å². The van der Waals surface area contributed by atoms with Gasteiger partial charge in [-0.1, -0.05) is 6.07 Å². The number of ether oxygens (including phenoxy) is 1. The smallest absolute Gasteiger partial charge is 0.305 e. The highest BCUT2D eigenvalue weighted by Gasteiger charge is 2.37. The molecular formula is C17H18FNO4S. The summed E-state index contributed by atoms with van der Waals surface area (Å²) in [6.07, 6.45) is 0.786. The van der Waals surface area contributed by atoms with Crippen LogP contribution in [0.15, 0.2) is 18.2 Å². The summed E-state index contributed by atoms with van der Waals surface area (Å²) in [7, 11) is 0. The van der Waals surface area contributed by atoms with Crippen LogP contribution in [-0.4, -0.2) is 35.7 Å². The number of nitrogens with one attached hydrogen (secondary N) is 1. The number of carboxylic acids is 1. The highest BCUT2D eigenvalue weighted by atomic mass is 32.1. The zero-order chi connectivity index (χ0) is 17.3. The van der Waals surface area contributed by atoms with Crippen molar-refractivity contribution in [3.05, 3.63) is 34.5 Å². The number of amides is 1. The Hall–Kier alpha value is -1.99. The molecule has 7 heteroatoms. The molecule has 0 aliphatic carbocycles. The molecule has 0 spiro atoms. The third-order valence-corrected chi connectivity index (χ3v) is 5.68. The van der Waals surface area contributed by atoms with E-state index in [1.807, 2.05) is 6.92 Å². The highest BCUT2D eigenvalue weighted by Crippen LogP contribution is 2.33. The van der Waals surface area contributed by atoms with Crippen LogP contribution < -0.4 is 5.32 Å². The van der Waals surface area contributed by atoms with E-state index in [0.29, 0.717) is 35.6 Å². The van der Waals surface area contributed by atoms with Crippen molar-refractivity contribution >= 4 is 33.3 Å². The maximum Gasteiger partial charge on any atom is 0.305 e. The Morgan fingerprint density at radius 3 is 2.75 bits per heavy atom. The fourth-order valence-corrected chi connectivity index (χ4v) is 4.24. The van der Waals surface area contributed by atoms with Crippen LogP contribution in [0.3, 0.4) is 0 Å². The summed E-state index contributed by atoms with van der Waals surface area (Å²) in [5, 5.41) is 12.9. The number of halogens is 1. The summed E-state index contributed by atoms with van der Waals surface area (Å²) in [5.41, 5.74) is -0.0142. The van der Waals surface area contributed by atoms with Crippen molar-refractivity contribution in [2.45, 2.75) is 31.7 Å². The van der Waals surface area contributed by atoms with Crippen LogP contribution >= 0.6 is 11.3 Å². The minimum atomic E-state index is -0.952. The number of hydrogen-bond donors (Lipinski definition) is 2. The molecule has 0 radical (unpaired) electrons. The summed E-state index contributed by atoms with van der Waals surface area (Å²) >= 11 is 1.22. The van der Waals surface area contributed by atoms with Gasteiger partial charge in [-0.15, -0.1) is 11.3 Å². The number of carbonyl (C=O) groups is 2. The molecule has 0 saturated carbocycles. The molecule has 1 aromatic heterocycles. The van der Waals surface area contributed by atoms with E-state index in [1.165, 1.54) is 23.5 Å². The summed E-state index contributed by atoms with van der Waals surface area (Å²) < 4.78 is 19.4. The molecule has 1 fully saturated rings. The molecule has 0 bridgehead atoms. The second-order valence-corrected chi connectivity index (χ2v) is 7.17. The molecule has 2 aromatic rings. The normalized spacial score (nSPS) is 16.9. The summed E-state index contributed by atoms with van der Waals surface area (Å²) in [5.74, 6) is -1.60. The van der Waals surface area contributed by atoms with E-state index >= 15 is 0 Å². The van der Waals surface area contributed by atoms with E-state index in [4.69, 9.17) is 4.74 Å². The first-order valence-corrected chi connectivity index (χ1v) is 8.53. The van der Waals surface area contributed by atoms with Gasteiger partial charge in [0.25, 0.3) is 5.91 Å². The minimum Gasteiger partial charge on any atom is -0.481 e. The summed E-state index contributed by atoms with van der Waals surface area (Å²) in [6, 6.07) is 4.44. The van der Waals surface area contributed by atoms with Crippen molar-refractivity contribution in [2.75, 3.05) is 13.2 Å². The number of rotatable bonds is 4. The Morgan fingerprint density at radius 1 is 1.38 bits per heavy atom. The topological polar surface area (TPSA) is 75.6 Å². The molecule has 3 rings (SSSR count). The summed E-state index contributed by atoms with van der Waals surface area (Å²) in [4.78, 5) is 24.4. The van der Waals surface area contributed by atoms with Gasteiger partial charge in [0, 0.05) is 17.9 Å². The molecule has 2 N–H and O–H groups in total. The number of fused-ring (bicyclic) bond motifs is 1. The van der Waals surface area contributed by atoms with Gasteiger partial charge in [-0.25, -0.2) is 4.39 Å². The first kappa shape index (κ1) is 16.9. The van der Waals surface area contributed by atoms with Gasteiger partial charge in [-0.05, 0) is 42.8 Å². The van der Waals surface area contributed by atoms with Crippen LogP contribution in [0.25, 0.3) is 10.1 Å². The van der Waals surface area contributed by atoms with Gasteiger partial charge >= 0.3 is 5.97 Å². The molecule has 24 heavy (non-hydrogen) atoms. The largest absolute Gasteiger partial charge is 0.481 e. The van der Waals surface area contributed by atoms with Crippen molar-refractivity contribution in [1.29, 1.82) is 0 Å². The maximum atomic E-state index is 13.4. The van der Waals surface area contributed by atoms with Crippen molar-refractivity contribution < 1.29 is 23.8 Å².